The van der Waals surface area contributed by atoms with E-state index in [2.05, 4.69) is 15.0 Å². The number of Topliss-reactive ketones (excluding diaryl/α,β-unsaturated/α-hetero) is 1. The summed E-state index contributed by atoms with van der Waals surface area (Å²) in [5.74, 6) is 0.0209. The highest BCUT2D eigenvalue weighted by Crippen LogP contribution is 2.15. The molecule has 16 heavy (non-hydrogen) atoms. The second-order valence-corrected chi connectivity index (χ2v) is 3.31. The molecule has 0 aliphatic rings. The zero-order chi connectivity index (χ0) is 11.4. The highest BCUT2D eigenvalue weighted by atomic mass is 16.1. The summed E-state index contributed by atoms with van der Waals surface area (Å²) in [6, 6.07) is 5.43. The number of ketones is 1. The molecule has 0 saturated carbocycles. The maximum Gasteiger partial charge on any atom is 0.181 e. The largest absolute Gasteiger partial charge is 0.292 e. The van der Waals surface area contributed by atoms with Crippen LogP contribution >= 0.6 is 0 Å². The Balaban J connectivity index is 2.40. The highest BCUT2D eigenvalue weighted by Gasteiger charge is 2.07. The summed E-state index contributed by atoms with van der Waals surface area (Å²) in [5, 5.41) is 0. The molecule has 0 bridgehead atoms. The van der Waals surface area contributed by atoms with Gasteiger partial charge in [0.1, 0.15) is 12.0 Å². The van der Waals surface area contributed by atoms with Crippen LogP contribution in [0.15, 0.2) is 36.9 Å². The molecule has 2 rings (SSSR count). The Morgan fingerprint density at radius 3 is 2.94 bits per heavy atom. The third kappa shape index (κ3) is 2.11. The van der Waals surface area contributed by atoms with Crippen LogP contribution in [0.4, 0.5) is 0 Å². The van der Waals surface area contributed by atoms with E-state index in [0.717, 1.165) is 11.3 Å². The quantitative estimate of drug-likeness (QED) is 0.733. The van der Waals surface area contributed by atoms with Crippen molar-refractivity contribution in [2.45, 2.75) is 13.3 Å². The predicted octanol–water partition coefficient (Wildman–Crippen LogP) is 2.13. The van der Waals surface area contributed by atoms with Gasteiger partial charge in [-0.1, -0.05) is 6.92 Å². The summed E-state index contributed by atoms with van der Waals surface area (Å²) < 4.78 is 0. The molecule has 4 nitrogen and oxygen atoms in total. The second kappa shape index (κ2) is 4.61. The van der Waals surface area contributed by atoms with Crippen molar-refractivity contribution >= 4 is 5.78 Å². The first-order chi connectivity index (χ1) is 7.81. The van der Waals surface area contributed by atoms with Crippen LogP contribution in [0.1, 0.15) is 23.8 Å². The van der Waals surface area contributed by atoms with Crippen molar-refractivity contribution in [3.63, 3.8) is 0 Å². The summed E-state index contributed by atoms with van der Waals surface area (Å²) in [7, 11) is 0. The Morgan fingerprint density at radius 2 is 2.25 bits per heavy atom. The first-order valence-corrected chi connectivity index (χ1v) is 5.07. The van der Waals surface area contributed by atoms with Crippen LogP contribution in [0, 0.1) is 0 Å². The molecule has 0 aliphatic heterocycles. The van der Waals surface area contributed by atoms with Gasteiger partial charge in [-0.15, -0.1) is 0 Å². The normalized spacial score (nSPS) is 10.1. The molecule has 0 amide bonds. The second-order valence-electron chi connectivity index (χ2n) is 3.31. The molecule has 0 radical (unpaired) electrons. The Morgan fingerprint density at radius 1 is 1.38 bits per heavy atom. The minimum Gasteiger partial charge on any atom is -0.292 e. The van der Waals surface area contributed by atoms with E-state index in [9.17, 15) is 4.79 Å². The molecule has 2 aromatic heterocycles. The van der Waals surface area contributed by atoms with Crippen LogP contribution in [0.25, 0.3) is 11.3 Å². The molecule has 0 aliphatic carbocycles. The van der Waals surface area contributed by atoms with Gasteiger partial charge >= 0.3 is 0 Å². The lowest BCUT2D eigenvalue weighted by atomic mass is 10.1. The maximum atomic E-state index is 11.5. The molecule has 0 atom stereocenters. The molecule has 0 saturated heterocycles. The summed E-state index contributed by atoms with van der Waals surface area (Å²) >= 11 is 0. The number of hydrogen-bond acceptors (Lipinski definition) is 4. The van der Waals surface area contributed by atoms with Crippen LogP contribution in [0.5, 0.6) is 0 Å². The van der Waals surface area contributed by atoms with Gasteiger partial charge in [-0.3, -0.25) is 9.78 Å². The Labute approximate surface area is 93.4 Å². The first-order valence-electron chi connectivity index (χ1n) is 5.07. The molecule has 2 heterocycles. The van der Waals surface area contributed by atoms with Gasteiger partial charge in [0.2, 0.25) is 0 Å². The first kappa shape index (κ1) is 10.4. The Kier molecular flexibility index (Phi) is 3.00. The predicted molar refractivity (Wildman–Crippen MR) is 59.9 cm³/mol. The van der Waals surface area contributed by atoms with Crippen molar-refractivity contribution in [3.05, 3.63) is 42.6 Å². The number of carbonyl (C=O) groups is 1. The van der Waals surface area contributed by atoms with Crippen LogP contribution in [0.3, 0.4) is 0 Å². The smallest absolute Gasteiger partial charge is 0.181 e. The highest BCUT2D eigenvalue weighted by molar-refractivity contribution is 5.94. The monoisotopic (exact) mass is 213 g/mol. The fourth-order valence-corrected chi connectivity index (χ4v) is 1.36. The van der Waals surface area contributed by atoms with Gasteiger partial charge in [0.05, 0.1) is 5.69 Å². The molecule has 80 valence electrons. The molecule has 0 N–H and O–H groups in total. The molecule has 0 fully saturated rings. The number of aromatic nitrogens is 3. The van der Waals surface area contributed by atoms with Gasteiger partial charge < -0.3 is 0 Å². The van der Waals surface area contributed by atoms with Gasteiger partial charge in [0.25, 0.3) is 0 Å². The van der Waals surface area contributed by atoms with E-state index in [1.54, 1.807) is 18.5 Å². The van der Waals surface area contributed by atoms with Gasteiger partial charge in [-0.05, 0) is 18.2 Å². The molecule has 0 spiro atoms. The van der Waals surface area contributed by atoms with Crippen molar-refractivity contribution in [1.82, 2.24) is 15.0 Å². The Hall–Kier alpha value is -2.10. The number of nitrogens with zero attached hydrogens (tertiary/aromatic N) is 3. The maximum absolute atomic E-state index is 11.5. The van der Waals surface area contributed by atoms with E-state index in [0.29, 0.717) is 12.1 Å². The number of hydrogen-bond donors (Lipinski definition) is 0. The number of pyridine rings is 1. The molecular weight excluding hydrogens is 202 g/mol. The summed E-state index contributed by atoms with van der Waals surface area (Å²) in [4.78, 5) is 23.6. The molecule has 4 heteroatoms. The summed E-state index contributed by atoms with van der Waals surface area (Å²) in [6.45, 7) is 1.81. The lowest BCUT2D eigenvalue weighted by molar-refractivity contribution is 0.0983. The topological polar surface area (TPSA) is 55.7 Å². The van der Waals surface area contributed by atoms with Gasteiger partial charge in [0, 0.05) is 24.4 Å². The summed E-state index contributed by atoms with van der Waals surface area (Å²) in [5.41, 5.74) is 2.06. The van der Waals surface area contributed by atoms with E-state index in [1.165, 1.54) is 6.33 Å². The molecule has 0 unspecified atom stereocenters. The third-order valence-electron chi connectivity index (χ3n) is 2.23. The van der Waals surface area contributed by atoms with Crippen LogP contribution < -0.4 is 0 Å². The van der Waals surface area contributed by atoms with E-state index in [4.69, 9.17) is 0 Å². The van der Waals surface area contributed by atoms with Crippen molar-refractivity contribution in [1.29, 1.82) is 0 Å². The summed E-state index contributed by atoms with van der Waals surface area (Å²) in [6.07, 6.45) is 5.26. The van der Waals surface area contributed by atoms with E-state index in [-0.39, 0.29) is 5.78 Å². The minimum atomic E-state index is 0.0209. The zero-order valence-electron chi connectivity index (χ0n) is 8.92. The van der Waals surface area contributed by atoms with Crippen molar-refractivity contribution in [2.75, 3.05) is 0 Å². The van der Waals surface area contributed by atoms with Crippen LogP contribution in [-0.4, -0.2) is 20.7 Å². The lowest BCUT2D eigenvalue weighted by Crippen LogP contribution is -2.01. The van der Waals surface area contributed by atoms with E-state index < -0.39 is 0 Å². The van der Waals surface area contributed by atoms with Gasteiger partial charge in [-0.25, -0.2) is 9.97 Å². The number of rotatable bonds is 3. The third-order valence-corrected chi connectivity index (χ3v) is 2.23. The van der Waals surface area contributed by atoms with Crippen molar-refractivity contribution < 1.29 is 4.79 Å². The van der Waals surface area contributed by atoms with Gasteiger partial charge in [-0.2, -0.15) is 0 Å². The standard InChI is InChI=1S/C12H11N3O/c1-2-12(16)11-6-10(14-8-15-11)9-4-3-5-13-7-9/h3-8H,2H2,1H3. The number of carbonyl (C=O) groups excluding carboxylic acids is 1. The van der Waals surface area contributed by atoms with Crippen molar-refractivity contribution in [3.8, 4) is 11.3 Å². The van der Waals surface area contributed by atoms with E-state index in [1.807, 2.05) is 19.1 Å². The van der Waals surface area contributed by atoms with Crippen LogP contribution in [-0.2, 0) is 0 Å². The van der Waals surface area contributed by atoms with Crippen molar-refractivity contribution in [2.24, 2.45) is 0 Å². The average molecular weight is 213 g/mol. The average Bonchev–Trinajstić information content (AvgIpc) is 2.39. The Bertz CT molecular complexity index is 497. The minimum absolute atomic E-state index is 0.0209. The molecular formula is C12H11N3O. The lowest BCUT2D eigenvalue weighted by Gasteiger charge is -2.01. The fraction of sp³-hybridized carbons (Fsp3) is 0.167. The van der Waals surface area contributed by atoms with E-state index >= 15 is 0 Å². The van der Waals surface area contributed by atoms with Crippen LogP contribution in [0.2, 0.25) is 0 Å². The van der Waals surface area contributed by atoms with Gasteiger partial charge in [0.15, 0.2) is 5.78 Å². The molecule has 2 aromatic rings. The zero-order valence-corrected chi connectivity index (χ0v) is 8.92. The fourth-order valence-electron chi connectivity index (χ4n) is 1.36. The molecule has 0 aromatic carbocycles. The SMILES string of the molecule is CCC(=O)c1cc(-c2cccnc2)ncn1.